The molecule has 0 aliphatic carbocycles. The van der Waals surface area contributed by atoms with Gasteiger partial charge in [-0.2, -0.15) is 0 Å². The van der Waals surface area contributed by atoms with Crippen LogP contribution in [0.5, 0.6) is 0 Å². The summed E-state index contributed by atoms with van der Waals surface area (Å²) in [5.41, 5.74) is 5.61. The Kier molecular flexibility index (Phi) is 3.89. The maximum Gasteiger partial charge on any atom is 0.130 e. The van der Waals surface area contributed by atoms with Crippen molar-refractivity contribution in [1.82, 2.24) is 0 Å². The van der Waals surface area contributed by atoms with Crippen LogP contribution in [0.1, 0.15) is 18.6 Å². The number of hydrogen-bond donors (Lipinski definition) is 2. The number of rotatable bonds is 2. The van der Waals surface area contributed by atoms with Gasteiger partial charge >= 0.3 is 0 Å². The van der Waals surface area contributed by atoms with Crippen molar-refractivity contribution in [3.63, 3.8) is 0 Å². The monoisotopic (exact) mass is 281 g/mol. The van der Waals surface area contributed by atoms with Gasteiger partial charge in [-0.1, -0.05) is 11.6 Å². The third-order valence-corrected chi connectivity index (χ3v) is 3.05. The first-order chi connectivity index (χ1) is 6.43. The molecular weight excluding hydrogens is 272 g/mol. The van der Waals surface area contributed by atoms with Crippen molar-refractivity contribution in [3.05, 3.63) is 33.0 Å². The number of halogens is 3. The highest BCUT2D eigenvalue weighted by Crippen LogP contribution is 2.29. The fourth-order valence-corrected chi connectivity index (χ4v) is 1.56. The zero-order chi connectivity index (χ0) is 10.9. The molecule has 1 aromatic carbocycles. The Hall–Kier alpha value is -0.160. The fraction of sp³-hybridized carbons (Fsp3) is 0.333. The summed E-state index contributed by atoms with van der Waals surface area (Å²) in [6.45, 7) is 1.60. The highest BCUT2D eigenvalue weighted by atomic mass is 79.9. The van der Waals surface area contributed by atoms with E-state index >= 15 is 0 Å². The Morgan fingerprint density at radius 2 is 2.14 bits per heavy atom. The standard InChI is InChI=1S/C9H10BrClFNO/c1-4(13)9(14)5-2-6(10)7(11)3-8(5)12/h2-4,9,14H,13H2,1H3. The van der Waals surface area contributed by atoms with Gasteiger partial charge in [-0.25, -0.2) is 4.39 Å². The Morgan fingerprint density at radius 1 is 1.57 bits per heavy atom. The zero-order valence-corrected chi connectivity index (χ0v) is 9.81. The molecular formula is C9H10BrClFNO. The molecule has 0 heterocycles. The molecule has 3 N–H and O–H groups in total. The van der Waals surface area contributed by atoms with E-state index in [2.05, 4.69) is 15.9 Å². The predicted molar refractivity (Wildman–Crippen MR) is 57.7 cm³/mol. The lowest BCUT2D eigenvalue weighted by atomic mass is 10.0. The Balaban J connectivity index is 3.15. The van der Waals surface area contributed by atoms with E-state index in [1.165, 1.54) is 6.07 Å². The largest absolute Gasteiger partial charge is 0.387 e. The molecule has 0 saturated carbocycles. The molecule has 2 atom stereocenters. The minimum absolute atomic E-state index is 0.149. The third-order valence-electron chi connectivity index (χ3n) is 1.86. The minimum atomic E-state index is -1.02. The van der Waals surface area contributed by atoms with Crippen LogP contribution in [0.4, 0.5) is 4.39 Å². The number of aliphatic hydroxyl groups is 1. The van der Waals surface area contributed by atoms with E-state index in [0.29, 0.717) is 4.47 Å². The third kappa shape index (κ3) is 2.45. The Labute approximate surface area is 95.0 Å². The van der Waals surface area contributed by atoms with Gasteiger partial charge in [0, 0.05) is 16.1 Å². The second kappa shape index (κ2) is 4.57. The molecule has 0 radical (unpaired) electrons. The fourth-order valence-electron chi connectivity index (χ4n) is 1.05. The van der Waals surface area contributed by atoms with Crippen LogP contribution in [-0.2, 0) is 0 Å². The van der Waals surface area contributed by atoms with Gasteiger partial charge in [0.05, 0.1) is 11.1 Å². The minimum Gasteiger partial charge on any atom is -0.387 e. The first-order valence-electron chi connectivity index (χ1n) is 4.01. The van der Waals surface area contributed by atoms with Crippen molar-refractivity contribution >= 4 is 27.5 Å². The lowest BCUT2D eigenvalue weighted by Crippen LogP contribution is -2.25. The SMILES string of the molecule is CC(N)C(O)c1cc(Br)c(Cl)cc1F. The van der Waals surface area contributed by atoms with E-state index in [0.717, 1.165) is 6.07 Å². The molecule has 2 unspecified atom stereocenters. The van der Waals surface area contributed by atoms with Crippen molar-refractivity contribution in [2.45, 2.75) is 19.1 Å². The number of benzene rings is 1. The van der Waals surface area contributed by atoms with Crippen LogP contribution < -0.4 is 5.73 Å². The van der Waals surface area contributed by atoms with Crippen molar-refractivity contribution < 1.29 is 9.50 Å². The molecule has 0 fully saturated rings. The molecule has 0 aliphatic rings. The van der Waals surface area contributed by atoms with Crippen molar-refractivity contribution in [2.75, 3.05) is 0 Å². The smallest absolute Gasteiger partial charge is 0.130 e. The number of nitrogens with two attached hydrogens (primary N) is 1. The van der Waals surface area contributed by atoms with Crippen LogP contribution >= 0.6 is 27.5 Å². The summed E-state index contributed by atoms with van der Waals surface area (Å²) in [4.78, 5) is 0. The summed E-state index contributed by atoms with van der Waals surface area (Å²) in [6, 6.07) is 2.05. The molecule has 0 aliphatic heterocycles. The Morgan fingerprint density at radius 3 is 2.64 bits per heavy atom. The van der Waals surface area contributed by atoms with E-state index < -0.39 is 18.0 Å². The van der Waals surface area contributed by atoms with Crippen LogP contribution in [0.2, 0.25) is 5.02 Å². The van der Waals surface area contributed by atoms with Gasteiger partial charge in [0.25, 0.3) is 0 Å². The summed E-state index contributed by atoms with van der Waals surface area (Å²) in [5, 5.41) is 9.83. The highest BCUT2D eigenvalue weighted by Gasteiger charge is 2.18. The maximum absolute atomic E-state index is 13.3. The maximum atomic E-state index is 13.3. The lowest BCUT2D eigenvalue weighted by Gasteiger charge is -2.16. The summed E-state index contributed by atoms with van der Waals surface area (Å²) in [5.74, 6) is -0.553. The van der Waals surface area contributed by atoms with Gasteiger partial charge in [-0.05, 0) is 35.0 Å². The van der Waals surface area contributed by atoms with Gasteiger partial charge in [0.15, 0.2) is 0 Å². The molecule has 78 valence electrons. The van der Waals surface area contributed by atoms with E-state index in [-0.39, 0.29) is 10.6 Å². The quantitative estimate of drug-likeness (QED) is 0.819. The van der Waals surface area contributed by atoms with Crippen LogP contribution in [-0.4, -0.2) is 11.1 Å². The second-order valence-corrected chi connectivity index (χ2v) is 4.35. The number of hydrogen-bond acceptors (Lipinski definition) is 2. The van der Waals surface area contributed by atoms with Crippen molar-refractivity contribution in [3.8, 4) is 0 Å². The molecule has 0 amide bonds. The molecule has 0 aromatic heterocycles. The topological polar surface area (TPSA) is 46.2 Å². The summed E-state index contributed by atoms with van der Waals surface area (Å²) >= 11 is 8.82. The predicted octanol–water partition coefficient (Wildman–Crippen LogP) is 2.62. The Bertz CT molecular complexity index is 346. The first kappa shape index (κ1) is 11.9. The van der Waals surface area contributed by atoms with Gasteiger partial charge in [-0.3, -0.25) is 0 Å². The van der Waals surface area contributed by atoms with Crippen LogP contribution in [0.25, 0.3) is 0 Å². The molecule has 5 heteroatoms. The first-order valence-corrected chi connectivity index (χ1v) is 5.18. The van der Waals surface area contributed by atoms with E-state index in [9.17, 15) is 9.50 Å². The van der Waals surface area contributed by atoms with Crippen LogP contribution in [0.3, 0.4) is 0 Å². The average molecular weight is 283 g/mol. The van der Waals surface area contributed by atoms with Gasteiger partial charge < -0.3 is 10.8 Å². The van der Waals surface area contributed by atoms with Gasteiger partial charge in [-0.15, -0.1) is 0 Å². The van der Waals surface area contributed by atoms with Crippen molar-refractivity contribution in [2.24, 2.45) is 5.73 Å². The molecule has 2 nitrogen and oxygen atoms in total. The summed E-state index contributed by atoms with van der Waals surface area (Å²) in [7, 11) is 0. The number of aliphatic hydroxyl groups excluding tert-OH is 1. The lowest BCUT2D eigenvalue weighted by molar-refractivity contribution is 0.149. The van der Waals surface area contributed by atoms with Crippen molar-refractivity contribution in [1.29, 1.82) is 0 Å². The molecule has 0 saturated heterocycles. The summed E-state index contributed by atoms with van der Waals surface area (Å²) < 4.78 is 13.9. The van der Waals surface area contributed by atoms with Gasteiger partial charge in [0.1, 0.15) is 5.82 Å². The molecule has 0 bridgehead atoms. The van der Waals surface area contributed by atoms with E-state index in [4.69, 9.17) is 17.3 Å². The van der Waals surface area contributed by atoms with E-state index in [1.54, 1.807) is 6.92 Å². The average Bonchev–Trinajstić information content (AvgIpc) is 2.10. The molecule has 1 aromatic rings. The summed E-state index contributed by atoms with van der Waals surface area (Å²) in [6.07, 6.45) is -1.02. The normalized spacial score (nSPS) is 15.3. The second-order valence-electron chi connectivity index (χ2n) is 3.09. The van der Waals surface area contributed by atoms with Crippen LogP contribution in [0, 0.1) is 5.82 Å². The van der Waals surface area contributed by atoms with Crippen LogP contribution in [0.15, 0.2) is 16.6 Å². The van der Waals surface area contributed by atoms with E-state index in [1.807, 2.05) is 0 Å². The van der Waals surface area contributed by atoms with Gasteiger partial charge in [0.2, 0.25) is 0 Å². The molecule has 0 spiro atoms. The highest BCUT2D eigenvalue weighted by molar-refractivity contribution is 9.10. The zero-order valence-electron chi connectivity index (χ0n) is 7.47. The molecule has 14 heavy (non-hydrogen) atoms. The molecule has 1 rings (SSSR count).